The molecule has 0 unspecified atom stereocenters. The minimum absolute atomic E-state index is 0.00422. The third-order valence-electron chi connectivity index (χ3n) is 4.95. The van der Waals surface area contributed by atoms with Gasteiger partial charge in [-0.2, -0.15) is 0 Å². The van der Waals surface area contributed by atoms with E-state index in [1.165, 1.54) is 0 Å². The van der Waals surface area contributed by atoms with Crippen LogP contribution in [0.5, 0.6) is 0 Å². The van der Waals surface area contributed by atoms with Crippen LogP contribution in [0.4, 0.5) is 11.4 Å². The van der Waals surface area contributed by atoms with Gasteiger partial charge in [0.25, 0.3) is 0 Å². The van der Waals surface area contributed by atoms with Gasteiger partial charge in [-0.05, 0) is 35.4 Å². The second kappa shape index (κ2) is 11.4. The summed E-state index contributed by atoms with van der Waals surface area (Å²) in [5.41, 5.74) is 3.30. The Morgan fingerprint density at radius 3 is 1.88 bits per heavy atom. The average Bonchev–Trinajstić information content (AvgIpc) is 3.14. The summed E-state index contributed by atoms with van der Waals surface area (Å²) < 4.78 is 32.7. The lowest BCUT2D eigenvalue weighted by Crippen LogP contribution is -2.34. The summed E-state index contributed by atoms with van der Waals surface area (Å²) in [6, 6.07) is 14.6. The fraction of sp³-hybridized carbons (Fsp3) is 0.318. The second-order valence-corrected chi connectivity index (χ2v) is 8.50. The lowest BCUT2D eigenvalue weighted by atomic mass is 10.1. The van der Waals surface area contributed by atoms with E-state index in [1.54, 1.807) is 38.4 Å². The zero-order valence-electron chi connectivity index (χ0n) is 18.6. The number of nitrogens with one attached hydrogen (secondary N) is 2. The first kappa shape index (κ1) is 25.5. The van der Waals surface area contributed by atoms with Crippen LogP contribution in [0, 0.1) is 0 Å². The molecule has 11 nitrogen and oxygen atoms in total. The number of aliphatic hydroxyl groups excluding tert-OH is 1. The van der Waals surface area contributed by atoms with Crippen LogP contribution in [0.25, 0.3) is 0 Å². The van der Waals surface area contributed by atoms with Crippen molar-refractivity contribution >= 4 is 25.2 Å². The molecule has 0 bridgehead atoms. The molecule has 2 atom stereocenters. The first-order chi connectivity index (χ1) is 16.2. The molecule has 0 aliphatic carbocycles. The number of cyclic esters (lactones) is 1. The number of esters is 1. The van der Waals surface area contributed by atoms with Gasteiger partial charge in [-0.3, -0.25) is 4.52 Å². The molecule has 184 valence electrons. The third kappa shape index (κ3) is 6.72. The summed E-state index contributed by atoms with van der Waals surface area (Å²) in [6.45, 7) is -0.830. The van der Waals surface area contributed by atoms with Gasteiger partial charge in [0, 0.05) is 25.5 Å². The van der Waals surface area contributed by atoms with E-state index in [-0.39, 0.29) is 24.7 Å². The number of carbonyl (C=O) groups is 1. The van der Waals surface area contributed by atoms with Gasteiger partial charge in [0.05, 0.1) is 6.61 Å². The van der Waals surface area contributed by atoms with Crippen molar-refractivity contribution in [3.05, 3.63) is 71.2 Å². The molecule has 1 heterocycles. The fourth-order valence-corrected chi connectivity index (χ4v) is 3.72. The Hall–Kier alpha value is -3.08. The predicted octanol–water partition coefficient (Wildman–Crippen LogP) is 2.11. The van der Waals surface area contributed by atoms with Gasteiger partial charge < -0.3 is 39.7 Å². The molecule has 0 aromatic heterocycles. The highest BCUT2D eigenvalue weighted by atomic mass is 31.2. The van der Waals surface area contributed by atoms with E-state index < -0.39 is 32.6 Å². The second-order valence-electron chi connectivity index (χ2n) is 7.31. The Morgan fingerprint density at radius 2 is 1.44 bits per heavy atom. The van der Waals surface area contributed by atoms with Crippen molar-refractivity contribution in [2.24, 2.45) is 0 Å². The largest absolute Gasteiger partial charge is 0.485 e. The minimum atomic E-state index is -5.00. The molecule has 0 saturated carbocycles. The van der Waals surface area contributed by atoms with Crippen LogP contribution < -0.4 is 10.6 Å². The molecule has 12 heteroatoms. The molecule has 34 heavy (non-hydrogen) atoms. The first-order valence-electron chi connectivity index (χ1n) is 10.3. The number of benzene rings is 2. The van der Waals surface area contributed by atoms with Crippen LogP contribution in [0.2, 0.25) is 0 Å². The Balaban J connectivity index is 1.84. The molecule has 1 aliphatic heterocycles. The van der Waals surface area contributed by atoms with Gasteiger partial charge in [-0.15, -0.1) is 0 Å². The lowest BCUT2D eigenvalue weighted by molar-refractivity contribution is -0.148. The quantitative estimate of drug-likeness (QED) is 0.218. The SMILES string of the molecule is CNc1ccc(COC2=C(OCc3ccc(NC)cc3)[C@@H]([C@H](CO)OP(=O)(O)O)OC2=O)cc1. The maximum atomic E-state index is 12.6. The number of hydrogen-bond acceptors (Lipinski definition) is 9. The molecule has 2 aromatic carbocycles. The van der Waals surface area contributed by atoms with Crippen LogP contribution in [-0.4, -0.2) is 53.8 Å². The monoisotopic (exact) mass is 494 g/mol. The van der Waals surface area contributed by atoms with Gasteiger partial charge in [0.15, 0.2) is 11.9 Å². The number of carbonyl (C=O) groups excluding carboxylic acids is 1. The van der Waals surface area contributed by atoms with E-state index in [0.29, 0.717) is 0 Å². The van der Waals surface area contributed by atoms with Crippen molar-refractivity contribution in [1.82, 2.24) is 0 Å². The van der Waals surface area contributed by atoms with Crippen molar-refractivity contribution in [3.63, 3.8) is 0 Å². The van der Waals surface area contributed by atoms with Crippen LogP contribution in [0.3, 0.4) is 0 Å². The maximum absolute atomic E-state index is 12.6. The van der Waals surface area contributed by atoms with Crippen molar-refractivity contribution < 1.29 is 43.0 Å². The molecule has 0 amide bonds. The zero-order chi connectivity index (χ0) is 24.7. The molecule has 3 rings (SSSR count). The van der Waals surface area contributed by atoms with Gasteiger partial charge in [0.2, 0.25) is 5.76 Å². The van der Waals surface area contributed by atoms with E-state index in [2.05, 4.69) is 15.2 Å². The Bertz CT molecular complexity index is 1050. The summed E-state index contributed by atoms with van der Waals surface area (Å²) in [4.78, 5) is 30.9. The minimum Gasteiger partial charge on any atom is -0.485 e. The normalized spacial score (nSPS) is 16.7. The molecule has 0 spiro atoms. The Morgan fingerprint density at radius 1 is 0.941 bits per heavy atom. The van der Waals surface area contributed by atoms with Crippen molar-refractivity contribution in [3.8, 4) is 0 Å². The third-order valence-corrected chi connectivity index (χ3v) is 5.50. The number of phosphoric ester groups is 1. The van der Waals surface area contributed by atoms with E-state index in [1.807, 2.05) is 24.3 Å². The number of ether oxygens (including phenoxy) is 3. The molecule has 0 radical (unpaired) electrons. The van der Waals surface area contributed by atoms with E-state index in [0.717, 1.165) is 22.5 Å². The standard InChI is InChI=1S/C22H27N2O9P/c1-23-16-7-3-14(4-8-16)12-30-20-19(18(11-25)33-34(27,28)29)32-22(26)21(20)31-13-15-5-9-17(24-2)10-6-15/h3-10,18-19,23-25H,11-13H2,1-2H3,(H2,27,28,29)/t18-,19+/m0/s1. The number of rotatable bonds is 12. The van der Waals surface area contributed by atoms with Gasteiger partial charge in [0.1, 0.15) is 19.3 Å². The molecule has 2 aromatic rings. The molecular formula is C22H27N2O9P. The smallest absolute Gasteiger partial charge is 0.470 e. The molecule has 1 aliphatic rings. The molecule has 0 fully saturated rings. The van der Waals surface area contributed by atoms with Gasteiger partial charge >= 0.3 is 13.8 Å². The average molecular weight is 494 g/mol. The summed E-state index contributed by atoms with van der Waals surface area (Å²) in [5.74, 6) is -1.28. The maximum Gasteiger partial charge on any atom is 0.470 e. The first-order valence-corrected chi connectivity index (χ1v) is 11.9. The topological polar surface area (TPSA) is 156 Å². The Kier molecular flexibility index (Phi) is 8.54. The van der Waals surface area contributed by atoms with Crippen molar-refractivity contribution in [1.29, 1.82) is 0 Å². The van der Waals surface area contributed by atoms with E-state index in [9.17, 15) is 24.3 Å². The predicted molar refractivity (Wildman–Crippen MR) is 122 cm³/mol. The van der Waals surface area contributed by atoms with Crippen LogP contribution in [0.1, 0.15) is 11.1 Å². The number of anilines is 2. The Labute approximate surface area is 196 Å². The van der Waals surface area contributed by atoms with Gasteiger partial charge in [-0.25, -0.2) is 9.36 Å². The highest BCUT2D eigenvalue weighted by Gasteiger charge is 2.45. The summed E-state index contributed by atoms with van der Waals surface area (Å²) in [5, 5.41) is 15.6. The summed E-state index contributed by atoms with van der Waals surface area (Å²) in [7, 11) is -1.42. The lowest BCUT2D eigenvalue weighted by Gasteiger charge is -2.23. The van der Waals surface area contributed by atoms with E-state index >= 15 is 0 Å². The van der Waals surface area contributed by atoms with Crippen molar-refractivity contribution in [2.45, 2.75) is 25.4 Å². The highest BCUT2D eigenvalue weighted by Crippen LogP contribution is 2.41. The zero-order valence-corrected chi connectivity index (χ0v) is 19.5. The molecular weight excluding hydrogens is 467 g/mol. The number of hydrogen-bond donors (Lipinski definition) is 5. The summed E-state index contributed by atoms with van der Waals surface area (Å²) in [6.07, 6.45) is -2.98. The highest BCUT2D eigenvalue weighted by molar-refractivity contribution is 7.46. The fourth-order valence-electron chi connectivity index (χ4n) is 3.19. The van der Waals surface area contributed by atoms with Crippen LogP contribution in [0.15, 0.2) is 60.0 Å². The van der Waals surface area contributed by atoms with Crippen LogP contribution >= 0.6 is 7.82 Å². The van der Waals surface area contributed by atoms with E-state index in [4.69, 9.17) is 14.2 Å². The molecule has 5 N–H and O–H groups in total. The molecule has 0 saturated heterocycles. The number of aliphatic hydroxyl groups is 1. The van der Waals surface area contributed by atoms with Crippen LogP contribution in [-0.2, 0) is 41.3 Å². The number of phosphoric acid groups is 1. The summed E-state index contributed by atoms with van der Waals surface area (Å²) >= 11 is 0. The van der Waals surface area contributed by atoms with Crippen molar-refractivity contribution in [2.75, 3.05) is 31.3 Å². The van der Waals surface area contributed by atoms with Gasteiger partial charge in [-0.1, -0.05) is 24.3 Å².